The van der Waals surface area contributed by atoms with Gasteiger partial charge in [-0.15, -0.1) is 0 Å². The van der Waals surface area contributed by atoms with Gasteiger partial charge in [-0.2, -0.15) is 0 Å². The Kier molecular flexibility index (Phi) is 16.7. The Labute approximate surface area is 79.6 Å². The van der Waals surface area contributed by atoms with Crippen molar-refractivity contribution in [1.29, 1.82) is 0 Å². The zero-order valence-electron chi connectivity index (χ0n) is 6.99. The van der Waals surface area contributed by atoms with Crippen LogP contribution in [0.5, 0.6) is 0 Å². The third-order valence-corrected chi connectivity index (χ3v) is 0.879. The van der Waals surface area contributed by atoms with Gasteiger partial charge in [-0.05, 0) is 13.8 Å². The fraction of sp³-hybridized carbons (Fsp3) is 1.00. The van der Waals surface area contributed by atoms with E-state index >= 15 is 0 Å². The molecule has 11 heavy (non-hydrogen) atoms. The largest absolute Gasteiger partial charge is 2.00 e. The molecule has 64 valence electrons. The summed E-state index contributed by atoms with van der Waals surface area (Å²) in [4.78, 5) is 0. The predicted octanol–water partition coefficient (Wildman–Crippen LogP) is -0.357. The van der Waals surface area contributed by atoms with E-state index in [9.17, 15) is 0 Å². The quantitative estimate of drug-likeness (QED) is 0.629. The van der Waals surface area contributed by atoms with Crippen LogP contribution in [0.3, 0.4) is 0 Å². The molecule has 0 saturated heterocycles. The second-order valence-corrected chi connectivity index (χ2v) is 2.18. The van der Waals surface area contributed by atoms with E-state index in [1.54, 1.807) is 13.8 Å². The van der Waals surface area contributed by atoms with Crippen LogP contribution >= 0.6 is 0 Å². The van der Waals surface area contributed by atoms with Gasteiger partial charge in [0.25, 0.3) is 0 Å². The van der Waals surface area contributed by atoms with Crippen LogP contribution in [0.15, 0.2) is 0 Å². The third-order valence-electron chi connectivity index (χ3n) is 0.879. The SMILES string of the molecule is CC(O)COC(C)CO.[O-2].[Zn+2]. The molecule has 0 aliphatic carbocycles. The zero-order chi connectivity index (χ0) is 7.28. The molecule has 2 atom stereocenters. The van der Waals surface area contributed by atoms with E-state index in [1.807, 2.05) is 0 Å². The van der Waals surface area contributed by atoms with Gasteiger partial charge in [-0.25, -0.2) is 0 Å². The molecule has 0 aromatic heterocycles. The van der Waals surface area contributed by atoms with Crippen molar-refractivity contribution < 1.29 is 39.9 Å². The zero-order valence-corrected chi connectivity index (χ0v) is 9.95. The molecule has 0 saturated carbocycles. The summed E-state index contributed by atoms with van der Waals surface area (Å²) in [6, 6.07) is 0. The van der Waals surface area contributed by atoms with Gasteiger partial charge in [-0.3, -0.25) is 0 Å². The number of ether oxygens (including phenoxy) is 1. The van der Waals surface area contributed by atoms with E-state index in [4.69, 9.17) is 14.9 Å². The first kappa shape index (κ1) is 17.5. The number of rotatable bonds is 4. The van der Waals surface area contributed by atoms with Crippen molar-refractivity contribution in [1.82, 2.24) is 0 Å². The van der Waals surface area contributed by atoms with Crippen LogP contribution in [0.2, 0.25) is 0 Å². The van der Waals surface area contributed by atoms with Crippen molar-refractivity contribution in [2.75, 3.05) is 13.2 Å². The summed E-state index contributed by atoms with van der Waals surface area (Å²) in [5, 5.41) is 17.1. The Morgan fingerprint density at radius 2 is 1.82 bits per heavy atom. The summed E-state index contributed by atoms with van der Waals surface area (Å²) in [6.07, 6.45) is -0.612. The first-order valence-electron chi connectivity index (χ1n) is 3.07. The van der Waals surface area contributed by atoms with E-state index in [2.05, 4.69) is 0 Å². The molecule has 0 spiro atoms. The van der Waals surface area contributed by atoms with Gasteiger partial charge < -0.3 is 20.4 Å². The average Bonchev–Trinajstić information content (AvgIpc) is 1.83. The smallest absolute Gasteiger partial charge is 2.00 e. The molecule has 0 radical (unpaired) electrons. The number of hydrogen-bond donors (Lipinski definition) is 2. The second-order valence-electron chi connectivity index (χ2n) is 2.18. The molecule has 0 fully saturated rings. The minimum Gasteiger partial charge on any atom is -2.00 e. The first-order chi connectivity index (χ1) is 4.16. The molecule has 0 aliphatic heterocycles. The minimum absolute atomic E-state index is 0. The van der Waals surface area contributed by atoms with Crippen LogP contribution in [0.4, 0.5) is 0 Å². The summed E-state index contributed by atoms with van der Waals surface area (Å²) in [5.74, 6) is 0. The molecule has 5 heteroatoms. The molecular formula is C6H14O4Zn. The molecule has 0 rings (SSSR count). The van der Waals surface area contributed by atoms with Gasteiger partial charge in [0.05, 0.1) is 25.4 Å². The molecule has 0 aliphatic rings. The van der Waals surface area contributed by atoms with Crippen molar-refractivity contribution in [2.45, 2.75) is 26.1 Å². The standard InChI is InChI=1S/C6H14O3.O.Zn/c1-5(8)4-9-6(2)3-7;;/h5-8H,3-4H2,1-2H3;;/q;-2;+2. The van der Waals surface area contributed by atoms with E-state index < -0.39 is 6.10 Å². The fourth-order valence-electron chi connectivity index (χ4n) is 0.356. The van der Waals surface area contributed by atoms with Crippen molar-refractivity contribution >= 4 is 0 Å². The normalized spacial score (nSPS) is 14.2. The van der Waals surface area contributed by atoms with Crippen molar-refractivity contribution in [2.24, 2.45) is 0 Å². The van der Waals surface area contributed by atoms with E-state index in [1.165, 1.54) is 0 Å². The molecule has 0 heterocycles. The Morgan fingerprint density at radius 3 is 2.09 bits per heavy atom. The van der Waals surface area contributed by atoms with Crippen LogP contribution in [0.1, 0.15) is 13.8 Å². The molecule has 2 N–H and O–H groups in total. The van der Waals surface area contributed by atoms with Crippen molar-refractivity contribution in [3.63, 3.8) is 0 Å². The summed E-state index contributed by atoms with van der Waals surface area (Å²) in [7, 11) is 0. The van der Waals surface area contributed by atoms with Gasteiger partial charge in [0, 0.05) is 0 Å². The van der Waals surface area contributed by atoms with Crippen molar-refractivity contribution in [3.05, 3.63) is 0 Å². The van der Waals surface area contributed by atoms with Gasteiger partial charge in [0.1, 0.15) is 0 Å². The molecule has 2 unspecified atom stereocenters. The average molecular weight is 216 g/mol. The molecule has 0 bridgehead atoms. The summed E-state index contributed by atoms with van der Waals surface area (Å²) in [6.45, 7) is 3.70. The topological polar surface area (TPSA) is 78.2 Å². The minimum atomic E-state index is -0.445. The molecule has 4 nitrogen and oxygen atoms in total. The number of aliphatic hydroxyl groups excluding tert-OH is 2. The Bertz CT molecular complexity index is 69.6. The Hall–Kier alpha value is 0.463. The number of aliphatic hydroxyl groups is 2. The van der Waals surface area contributed by atoms with Crippen molar-refractivity contribution in [3.8, 4) is 0 Å². The molecule has 0 aromatic rings. The van der Waals surface area contributed by atoms with Gasteiger partial charge >= 0.3 is 19.5 Å². The van der Waals surface area contributed by atoms with Crippen LogP contribution in [0, 0.1) is 0 Å². The molecular weight excluding hydrogens is 201 g/mol. The van der Waals surface area contributed by atoms with Crippen LogP contribution < -0.4 is 0 Å². The van der Waals surface area contributed by atoms with Gasteiger partial charge in [0.2, 0.25) is 0 Å². The third kappa shape index (κ3) is 13.5. The van der Waals surface area contributed by atoms with Gasteiger partial charge in [-0.1, -0.05) is 0 Å². The van der Waals surface area contributed by atoms with E-state index in [0.717, 1.165) is 0 Å². The predicted molar refractivity (Wildman–Crippen MR) is 34.9 cm³/mol. The van der Waals surface area contributed by atoms with Crippen LogP contribution in [-0.4, -0.2) is 35.6 Å². The maximum atomic E-state index is 8.69. The van der Waals surface area contributed by atoms with E-state index in [-0.39, 0.29) is 37.7 Å². The number of hydrogen-bond acceptors (Lipinski definition) is 3. The monoisotopic (exact) mass is 214 g/mol. The second kappa shape index (κ2) is 10.5. The Balaban J connectivity index is -0.000000320. The summed E-state index contributed by atoms with van der Waals surface area (Å²) in [5.41, 5.74) is 0. The maximum absolute atomic E-state index is 8.69. The fourth-order valence-corrected chi connectivity index (χ4v) is 0.356. The summed E-state index contributed by atoms with van der Waals surface area (Å²) < 4.78 is 4.95. The summed E-state index contributed by atoms with van der Waals surface area (Å²) >= 11 is 0. The first-order valence-corrected chi connectivity index (χ1v) is 3.07. The molecule has 0 aromatic carbocycles. The maximum Gasteiger partial charge on any atom is 2.00 e. The van der Waals surface area contributed by atoms with Crippen LogP contribution in [-0.2, 0) is 29.7 Å². The molecule has 0 amide bonds. The van der Waals surface area contributed by atoms with E-state index in [0.29, 0.717) is 6.61 Å². The van der Waals surface area contributed by atoms with Crippen LogP contribution in [0.25, 0.3) is 0 Å². The van der Waals surface area contributed by atoms with Gasteiger partial charge in [0.15, 0.2) is 0 Å². The Morgan fingerprint density at radius 1 is 1.36 bits per heavy atom.